The number of ether oxygens (including phenoxy) is 4. The van der Waals surface area contributed by atoms with E-state index in [-0.39, 0.29) is 16.1 Å². The monoisotopic (exact) mass is 513 g/mol. The number of nitro groups is 1. The summed E-state index contributed by atoms with van der Waals surface area (Å²) in [4.78, 5) is 11.2. The molecule has 0 saturated heterocycles. The van der Waals surface area contributed by atoms with Gasteiger partial charge in [-0.25, -0.2) is 12.4 Å². The number of nitro benzene ring substituents is 1. The van der Waals surface area contributed by atoms with Gasteiger partial charge in [-0.2, -0.15) is 0 Å². The van der Waals surface area contributed by atoms with E-state index >= 15 is 0 Å². The van der Waals surface area contributed by atoms with Gasteiger partial charge in [0.25, 0.3) is 15.7 Å². The van der Waals surface area contributed by atoms with Crippen molar-refractivity contribution >= 4 is 38.0 Å². The van der Waals surface area contributed by atoms with E-state index in [9.17, 15) is 18.5 Å². The molecular formula is C24H23N3O8S. The Morgan fingerprint density at radius 3 is 2.03 bits per heavy atom. The quantitative estimate of drug-likeness (QED) is 0.253. The second-order valence-electron chi connectivity index (χ2n) is 7.48. The number of hydrogen-bond donors (Lipinski definition) is 1. The van der Waals surface area contributed by atoms with Crippen molar-refractivity contribution < 1.29 is 32.3 Å². The molecule has 0 radical (unpaired) electrons. The van der Waals surface area contributed by atoms with Crippen LogP contribution in [0.25, 0.3) is 10.9 Å². The maximum atomic E-state index is 13.4. The number of fused-ring (bicyclic) bond motifs is 1. The number of rotatable bonds is 9. The van der Waals surface area contributed by atoms with Gasteiger partial charge in [-0.1, -0.05) is 0 Å². The Morgan fingerprint density at radius 2 is 1.50 bits per heavy atom. The van der Waals surface area contributed by atoms with Crippen molar-refractivity contribution in [2.45, 2.75) is 4.90 Å². The number of benzene rings is 3. The molecule has 36 heavy (non-hydrogen) atoms. The van der Waals surface area contributed by atoms with Crippen molar-refractivity contribution in [2.24, 2.45) is 0 Å². The molecule has 0 unspecified atom stereocenters. The van der Waals surface area contributed by atoms with E-state index in [0.717, 1.165) is 3.97 Å². The zero-order valence-electron chi connectivity index (χ0n) is 19.8. The Morgan fingerprint density at radius 1 is 0.861 bits per heavy atom. The van der Waals surface area contributed by atoms with Gasteiger partial charge in [0.2, 0.25) is 5.75 Å². The van der Waals surface area contributed by atoms with Crippen LogP contribution in [0.15, 0.2) is 65.7 Å². The first kappa shape index (κ1) is 24.7. The molecule has 12 heteroatoms. The Kier molecular flexibility index (Phi) is 6.62. The van der Waals surface area contributed by atoms with Crippen LogP contribution in [0.3, 0.4) is 0 Å². The van der Waals surface area contributed by atoms with Gasteiger partial charge in [-0.05, 0) is 36.4 Å². The van der Waals surface area contributed by atoms with Crippen LogP contribution >= 0.6 is 0 Å². The van der Waals surface area contributed by atoms with Gasteiger partial charge >= 0.3 is 0 Å². The molecule has 4 rings (SSSR count). The molecule has 1 heterocycles. The lowest BCUT2D eigenvalue weighted by Crippen LogP contribution is -2.12. The minimum Gasteiger partial charge on any atom is -0.497 e. The van der Waals surface area contributed by atoms with E-state index in [1.807, 2.05) is 0 Å². The molecule has 11 nitrogen and oxygen atoms in total. The first-order valence-corrected chi connectivity index (χ1v) is 11.9. The minimum atomic E-state index is -4.15. The summed E-state index contributed by atoms with van der Waals surface area (Å²) in [5, 5.41) is 15.3. The van der Waals surface area contributed by atoms with Crippen LogP contribution in [0, 0.1) is 10.1 Å². The van der Waals surface area contributed by atoms with Crippen LogP contribution in [0.1, 0.15) is 0 Å². The maximum Gasteiger partial charge on any atom is 0.294 e. The van der Waals surface area contributed by atoms with Crippen molar-refractivity contribution in [2.75, 3.05) is 33.8 Å². The van der Waals surface area contributed by atoms with Crippen LogP contribution in [-0.2, 0) is 10.0 Å². The van der Waals surface area contributed by atoms with E-state index < -0.39 is 14.9 Å². The molecule has 0 aliphatic rings. The highest BCUT2D eigenvalue weighted by molar-refractivity contribution is 7.90. The normalized spacial score (nSPS) is 11.2. The molecule has 188 valence electrons. The Bertz CT molecular complexity index is 1520. The third-order valence-corrected chi connectivity index (χ3v) is 7.24. The zero-order chi connectivity index (χ0) is 26.0. The van der Waals surface area contributed by atoms with E-state index in [2.05, 4.69) is 5.32 Å². The van der Waals surface area contributed by atoms with E-state index in [0.29, 0.717) is 39.8 Å². The Hall–Kier alpha value is -4.45. The SMILES string of the molecule is COc1ccc(S(=O)(=O)n2ccc3c(Nc4cc(OC)c(OC)c(OC)c4)ccc([N+](=O)[O-])c32)cc1. The summed E-state index contributed by atoms with van der Waals surface area (Å²) in [6.07, 6.45) is 1.29. The van der Waals surface area contributed by atoms with Crippen molar-refractivity contribution in [3.8, 4) is 23.0 Å². The molecule has 0 spiro atoms. The van der Waals surface area contributed by atoms with E-state index in [1.165, 1.54) is 77.1 Å². The Balaban J connectivity index is 1.87. The predicted octanol–water partition coefficient (Wildman–Crippen LogP) is 4.56. The highest BCUT2D eigenvalue weighted by atomic mass is 32.2. The van der Waals surface area contributed by atoms with Crippen LogP contribution < -0.4 is 24.3 Å². The van der Waals surface area contributed by atoms with E-state index in [4.69, 9.17) is 18.9 Å². The number of nitrogens with one attached hydrogen (secondary N) is 1. The summed E-state index contributed by atoms with van der Waals surface area (Å²) < 4.78 is 48.9. The van der Waals surface area contributed by atoms with Gasteiger partial charge in [-0.15, -0.1) is 0 Å². The first-order valence-electron chi connectivity index (χ1n) is 10.5. The molecule has 0 fully saturated rings. The molecule has 1 N–H and O–H groups in total. The molecule has 0 amide bonds. The van der Waals surface area contributed by atoms with Crippen LogP contribution in [0.4, 0.5) is 17.1 Å². The number of nitrogens with zero attached hydrogens (tertiary/aromatic N) is 2. The van der Waals surface area contributed by atoms with Gasteiger partial charge in [0.05, 0.1) is 38.3 Å². The van der Waals surface area contributed by atoms with Crippen LogP contribution in [0.2, 0.25) is 0 Å². The largest absolute Gasteiger partial charge is 0.497 e. The van der Waals surface area contributed by atoms with Gasteiger partial charge in [0, 0.05) is 41.2 Å². The minimum absolute atomic E-state index is 0.0434. The molecule has 0 aliphatic carbocycles. The van der Waals surface area contributed by atoms with Crippen LogP contribution in [0.5, 0.6) is 23.0 Å². The van der Waals surface area contributed by atoms with E-state index in [1.54, 1.807) is 12.1 Å². The number of methoxy groups -OCH3 is 4. The van der Waals surface area contributed by atoms with Crippen molar-refractivity contribution in [1.29, 1.82) is 0 Å². The fraction of sp³-hybridized carbons (Fsp3) is 0.167. The second-order valence-corrected chi connectivity index (χ2v) is 9.30. The Labute approximate surface area is 207 Å². The average Bonchev–Trinajstić information content (AvgIpc) is 3.34. The standard InChI is InChI=1S/C24H23N3O8S/c1-32-16-5-7-17(8-6-16)36(30,31)26-12-11-18-19(9-10-20(23(18)26)27(28)29)25-15-13-21(33-2)24(35-4)22(14-15)34-3/h5-14,25H,1-4H3. The molecule has 4 aromatic rings. The number of anilines is 2. The van der Waals surface area contributed by atoms with Crippen molar-refractivity contribution in [3.05, 3.63) is 70.9 Å². The number of hydrogen-bond acceptors (Lipinski definition) is 9. The first-order chi connectivity index (χ1) is 17.2. The lowest BCUT2D eigenvalue weighted by Gasteiger charge is -2.16. The summed E-state index contributed by atoms with van der Waals surface area (Å²) in [5.74, 6) is 1.68. The second kappa shape index (κ2) is 9.66. The molecule has 3 aromatic carbocycles. The number of aromatic nitrogens is 1. The van der Waals surface area contributed by atoms with Crippen molar-refractivity contribution in [1.82, 2.24) is 3.97 Å². The molecule has 0 atom stereocenters. The summed E-state index contributed by atoms with van der Waals surface area (Å²) in [5.41, 5.74) is 0.537. The topological polar surface area (TPSA) is 131 Å². The average molecular weight is 514 g/mol. The molecule has 0 bridgehead atoms. The zero-order valence-corrected chi connectivity index (χ0v) is 20.7. The molecule has 0 saturated carbocycles. The van der Waals surface area contributed by atoms with Gasteiger partial charge in [-0.3, -0.25) is 10.1 Å². The number of non-ortho nitro benzene ring substituents is 1. The van der Waals surface area contributed by atoms with Gasteiger partial charge in [0.1, 0.15) is 11.3 Å². The molecular weight excluding hydrogens is 490 g/mol. The van der Waals surface area contributed by atoms with Crippen LogP contribution in [-0.4, -0.2) is 45.8 Å². The van der Waals surface area contributed by atoms with Crippen molar-refractivity contribution in [3.63, 3.8) is 0 Å². The summed E-state index contributed by atoms with van der Waals surface area (Å²) in [6, 6.07) is 13.4. The third-order valence-electron chi connectivity index (χ3n) is 5.55. The lowest BCUT2D eigenvalue weighted by atomic mass is 10.1. The summed E-state index contributed by atoms with van der Waals surface area (Å²) >= 11 is 0. The lowest BCUT2D eigenvalue weighted by molar-refractivity contribution is -0.383. The highest BCUT2D eigenvalue weighted by Gasteiger charge is 2.26. The fourth-order valence-electron chi connectivity index (χ4n) is 3.84. The van der Waals surface area contributed by atoms with Gasteiger partial charge in [0.15, 0.2) is 11.5 Å². The maximum absolute atomic E-state index is 13.4. The summed E-state index contributed by atoms with van der Waals surface area (Å²) in [6.45, 7) is 0. The molecule has 1 aromatic heterocycles. The smallest absolute Gasteiger partial charge is 0.294 e. The highest BCUT2D eigenvalue weighted by Crippen LogP contribution is 2.42. The van der Waals surface area contributed by atoms with Gasteiger partial charge < -0.3 is 24.3 Å². The fourth-order valence-corrected chi connectivity index (χ4v) is 5.20. The predicted molar refractivity (Wildman–Crippen MR) is 134 cm³/mol. The molecule has 0 aliphatic heterocycles. The third kappa shape index (κ3) is 4.22. The summed E-state index contributed by atoms with van der Waals surface area (Å²) in [7, 11) is 1.76.